The number of rotatable bonds is 6. The molecule has 122 valence electrons. The van der Waals surface area contributed by atoms with Gasteiger partial charge in [-0.2, -0.15) is 0 Å². The lowest BCUT2D eigenvalue weighted by molar-refractivity contribution is -0.135. The second kappa shape index (κ2) is 6.93. The zero-order chi connectivity index (χ0) is 17.1. The van der Waals surface area contributed by atoms with Gasteiger partial charge in [-0.1, -0.05) is 0 Å². The molecule has 0 N–H and O–H groups in total. The quantitative estimate of drug-likeness (QED) is 0.418. The molecule has 0 aromatic heterocycles. The molecular formula is C13H28O5Si3. The van der Waals surface area contributed by atoms with Gasteiger partial charge in [0.25, 0.3) is 0 Å². The van der Waals surface area contributed by atoms with Crippen LogP contribution in [-0.2, 0) is 22.9 Å². The van der Waals surface area contributed by atoms with Gasteiger partial charge in [-0.3, -0.25) is 0 Å². The van der Waals surface area contributed by atoms with Crippen molar-refractivity contribution in [3.63, 3.8) is 0 Å². The minimum absolute atomic E-state index is 0.0418. The first-order chi connectivity index (χ1) is 9.09. The third kappa shape index (κ3) is 11.5. The maximum Gasteiger partial charge on any atom is 0.359 e. The molecule has 0 atom stereocenters. The fraction of sp³-hybridized carbons (Fsp3) is 0.692. The van der Waals surface area contributed by atoms with Gasteiger partial charge in [-0.15, -0.1) is 0 Å². The van der Waals surface area contributed by atoms with E-state index in [1.165, 1.54) is 0 Å². The number of hydrogen-bond donors (Lipinski definition) is 0. The first kappa shape index (κ1) is 20.1. The highest BCUT2D eigenvalue weighted by Crippen LogP contribution is 2.16. The molecule has 0 rings (SSSR count). The highest BCUT2D eigenvalue weighted by Gasteiger charge is 2.29. The average molecular weight is 349 g/mol. The van der Waals surface area contributed by atoms with Crippen LogP contribution in [-0.4, -0.2) is 36.9 Å². The summed E-state index contributed by atoms with van der Waals surface area (Å²) in [5.74, 6) is -1.17. The lowest BCUT2D eigenvalue weighted by atomic mass is 10.4. The third-order valence-electron chi connectivity index (χ3n) is 1.67. The normalized spacial score (nSPS) is 13.7. The largest absolute Gasteiger partial charge is 0.539 e. The maximum absolute atomic E-state index is 12.2. The van der Waals surface area contributed by atoms with E-state index in [2.05, 4.69) is 0 Å². The second-order valence-corrected chi connectivity index (χ2v) is 21.0. The Labute approximate surface area is 131 Å². The van der Waals surface area contributed by atoms with Crippen LogP contribution in [0.15, 0.2) is 11.8 Å². The van der Waals surface area contributed by atoms with Gasteiger partial charge >= 0.3 is 11.9 Å². The number of carbonyl (C=O) groups is 2. The summed E-state index contributed by atoms with van der Waals surface area (Å²) in [5, 5.41) is 0. The highest BCUT2D eigenvalue weighted by atomic mass is 28.4. The van der Waals surface area contributed by atoms with Crippen molar-refractivity contribution in [3.05, 3.63) is 11.8 Å². The monoisotopic (exact) mass is 348 g/mol. The van der Waals surface area contributed by atoms with Crippen molar-refractivity contribution < 1.29 is 22.9 Å². The Morgan fingerprint density at radius 3 is 1.38 bits per heavy atom. The van der Waals surface area contributed by atoms with Crippen LogP contribution < -0.4 is 0 Å². The summed E-state index contributed by atoms with van der Waals surface area (Å²) in [6.07, 6.45) is 1.12. The molecule has 0 bridgehead atoms. The maximum atomic E-state index is 12.2. The summed E-state index contributed by atoms with van der Waals surface area (Å²) in [4.78, 5) is 24.1. The van der Waals surface area contributed by atoms with E-state index < -0.39 is 36.9 Å². The van der Waals surface area contributed by atoms with Crippen molar-refractivity contribution in [2.24, 2.45) is 0 Å². The van der Waals surface area contributed by atoms with Crippen molar-refractivity contribution in [2.75, 3.05) is 0 Å². The Hall–Kier alpha value is -0.869. The van der Waals surface area contributed by atoms with E-state index in [-0.39, 0.29) is 5.76 Å². The lowest BCUT2D eigenvalue weighted by Gasteiger charge is -2.24. The van der Waals surface area contributed by atoms with Gasteiger partial charge in [0.05, 0.1) is 6.08 Å². The summed E-state index contributed by atoms with van der Waals surface area (Å²) >= 11 is 0. The summed E-state index contributed by atoms with van der Waals surface area (Å²) in [7, 11) is -6.10. The van der Waals surface area contributed by atoms with E-state index in [1.54, 1.807) is 0 Å². The Morgan fingerprint density at radius 2 is 1.05 bits per heavy atom. The van der Waals surface area contributed by atoms with Gasteiger partial charge < -0.3 is 13.3 Å². The van der Waals surface area contributed by atoms with Crippen molar-refractivity contribution in [2.45, 2.75) is 58.9 Å². The average Bonchev–Trinajstić information content (AvgIpc) is 2.07. The van der Waals surface area contributed by atoms with Gasteiger partial charge in [-0.25, -0.2) is 9.59 Å². The van der Waals surface area contributed by atoms with Crippen LogP contribution in [0.4, 0.5) is 0 Å². The molecule has 0 heterocycles. The van der Waals surface area contributed by atoms with Crippen LogP contribution >= 0.6 is 0 Å². The molecule has 0 spiro atoms. The van der Waals surface area contributed by atoms with E-state index in [4.69, 9.17) is 13.3 Å². The minimum atomic E-state index is -2.05. The van der Waals surface area contributed by atoms with Crippen LogP contribution in [0, 0.1) is 0 Å². The summed E-state index contributed by atoms with van der Waals surface area (Å²) in [6, 6.07) is 0. The molecule has 0 radical (unpaired) electrons. The molecule has 0 amide bonds. The zero-order valence-electron chi connectivity index (χ0n) is 14.6. The van der Waals surface area contributed by atoms with E-state index >= 15 is 0 Å². The Bertz CT molecular complexity index is 425. The van der Waals surface area contributed by atoms with E-state index in [0.29, 0.717) is 0 Å². The van der Waals surface area contributed by atoms with Crippen LogP contribution in [0.3, 0.4) is 0 Å². The molecule has 8 heteroatoms. The fourth-order valence-electron chi connectivity index (χ4n) is 1.23. The highest BCUT2D eigenvalue weighted by molar-refractivity contribution is 6.72. The number of carbonyl (C=O) groups excluding carboxylic acids is 2. The van der Waals surface area contributed by atoms with Crippen LogP contribution in [0.2, 0.25) is 58.9 Å². The Balaban J connectivity index is 5.23. The van der Waals surface area contributed by atoms with Crippen molar-refractivity contribution in [1.29, 1.82) is 0 Å². The summed E-state index contributed by atoms with van der Waals surface area (Å²) < 4.78 is 16.4. The van der Waals surface area contributed by atoms with Gasteiger partial charge in [0.15, 0.2) is 5.76 Å². The van der Waals surface area contributed by atoms with Gasteiger partial charge in [0, 0.05) is 0 Å². The van der Waals surface area contributed by atoms with Crippen LogP contribution in [0.1, 0.15) is 0 Å². The lowest BCUT2D eigenvalue weighted by Crippen LogP contribution is -2.35. The number of hydrogen-bond acceptors (Lipinski definition) is 5. The minimum Gasteiger partial charge on any atom is -0.539 e. The first-order valence-corrected chi connectivity index (χ1v) is 17.2. The van der Waals surface area contributed by atoms with E-state index in [1.807, 2.05) is 58.9 Å². The van der Waals surface area contributed by atoms with Crippen LogP contribution in [0.5, 0.6) is 0 Å². The molecule has 0 fully saturated rings. The van der Waals surface area contributed by atoms with Gasteiger partial charge in [0.2, 0.25) is 25.0 Å². The second-order valence-electron chi connectivity index (χ2n) is 7.76. The molecule has 21 heavy (non-hydrogen) atoms. The van der Waals surface area contributed by atoms with Crippen molar-refractivity contribution in [1.82, 2.24) is 0 Å². The van der Waals surface area contributed by atoms with Crippen molar-refractivity contribution >= 4 is 36.9 Å². The molecule has 0 aliphatic heterocycles. The van der Waals surface area contributed by atoms with E-state index in [0.717, 1.165) is 6.08 Å². The molecule has 0 unspecified atom stereocenters. The molecular weight excluding hydrogens is 320 g/mol. The predicted molar refractivity (Wildman–Crippen MR) is 91.4 cm³/mol. The molecule has 0 aliphatic carbocycles. The predicted octanol–water partition coefficient (Wildman–Crippen LogP) is 3.48. The molecule has 5 nitrogen and oxygen atoms in total. The Kier molecular flexibility index (Phi) is 6.64. The molecule has 0 saturated heterocycles. The zero-order valence-corrected chi connectivity index (χ0v) is 17.6. The third-order valence-corrected chi connectivity index (χ3v) is 4.12. The topological polar surface area (TPSA) is 61.8 Å². The molecule has 0 aliphatic rings. The standard InChI is InChI=1S/C13H28O5Si3/c1-19(2,3)16-11(13(15)18-21(7,8)9)10-12(14)17-20(4,5)6/h10H,1-9H3/b11-10+. The molecule has 0 aromatic carbocycles. The van der Waals surface area contributed by atoms with Crippen LogP contribution in [0.25, 0.3) is 0 Å². The SMILES string of the molecule is C[Si](C)(C)OC(=O)/C=C(/O[Si](C)(C)C)C(=O)O[Si](C)(C)C. The first-order valence-electron chi connectivity index (χ1n) is 6.96. The molecule has 0 aromatic rings. The van der Waals surface area contributed by atoms with Gasteiger partial charge in [0.1, 0.15) is 0 Å². The Morgan fingerprint density at radius 1 is 0.667 bits per heavy atom. The smallest absolute Gasteiger partial charge is 0.359 e. The van der Waals surface area contributed by atoms with E-state index in [9.17, 15) is 9.59 Å². The van der Waals surface area contributed by atoms with Crippen molar-refractivity contribution in [3.8, 4) is 0 Å². The van der Waals surface area contributed by atoms with Gasteiger partial charge in [-0.05, 0) is 58.9 Å². The summed E-state index contributed by atoms with van der Waals surface area (Å²) in [6.45, 7) is 17.2. The molecule has 0 saturated carbocycles. The summed E-state index contributed by atoms with van der Waals surface area (Å²) in [5.41, 5.74) is 0. The fourth-order valence-corrected chi connectivity index (χ4v) is 3.35.